The van der Waals surface area contributed by atoms with Crippen LogP contribution < -0.4 is 5.32 Å². The van der Waals surface area contributed by atoms with Crippen LogP contribution in [0.2, 0.25) is 5.02 Å². The summed E-state index contributed by atoms with van der Waals surface area (Å²) < 4.78 is 14.2. The molecule has 0 aromatic heterocycles. The van der Waals surface area contributed by atoms with Crippen molar-refractivity contribution >= 4 is 11.6 Å². The van der Waals surface area contributed by atoms with Crippen molar-refractivity contribution in [3.05, 3.63) is 34.6 Å². The molecule has 20 heavy (non-hydrogen) atoms. The summed E-state index contributed by atoms with van der Waals surface area (Å²) in [5, 5.41) is 4.02. The van der Waals surface area contributed by atoms with Gasteiger partial charge in [0.1, 0.15) is 5.82 Å². The van der Waals surface area contributed by atoms with Gasteiger partial charge in [-0.1, -0.05) is 44.4 Å². The summed E-state index contributed by atoms with van der Waals surface area (Å²) in [4.78, 5) is 0. The third-order valence-corrected chi connectivity index (χ3v) is 4.78. The van der Waals surface area contributed by atoms with Gasteiger partial charge in [-0.2, -0.15) is 0 Å². The van der Waals surface area contributed by atoms with E-state index >= 15 is 0 Å². The van der Waals surface area contributed by atoms with E-state index in [1.54, 1.807) is 6.07 Å². The number of hydrogen-bond donors (Lipinski definition) is 1. The zero-order valence-corrected chi connectivity index (χ0v) is 13.2. The molecule has 1 saturated carbocycles. The van der Waals surface area contributed by atoms with Gasteiger partial charge in [-0.25, -0.2) is 4.39 Å². The first-order chi connectivity index (χ1) is 9.65. The lowest BCUT2D eigenvalue weighted by Crippen LogP contribution is -2.29. The number of nitrogens with one attached hydrogen (secondary N) is 1. The van der Waals surface area contributed by atoms with Crippen LogP contribution in [0.4, 0.5) is 4.39 Å². The van der Waals surface area contributed by atoms with Gasteiger partial charge in [-0.3, -0.25) is 0 Å². The average Bonchev–Trinajstić information content (AvgIpc) is 2.90. The summed E-state index contributed by atoms with van der Waals surface area (Å²) in [6.07, 6.45) is 5.98. The Hall–Kier alpha value is -0.600. The van der Waals surface area contributed by atoms with E-state index < -0.39 is 0 Å². The predicted molar refractivity (Wildman–Crippen MR) is 83.6 cm³/mol. The highest BCUT2D eigenvalue weighted by Gasteiger charge is 2.31. The Morgan fingerprint density at radius 1 is 1.35 bits per heavy atom. The normalized spacial score (nSPS) is 24.0. The number of hydrogen-bond acceptors (Lipinski definition) is 1. The summed E-state index contributed by atoms with van der Waals surface area (Å²) in [7, 11) is 0. The lowest BCUT2D eigenvalue weighted by molar-refractivity contribution is 0.345. The predicted octanol–water partition coefficient (Wildman–Crippen LogP) is 5.35. The Morgan fingerprint density at radius 2 is 2.15 bits per heavy atom. The van der Waals surface area contributed by atoms with Crippen LogP contribution in [0.25, 0.3) is 0 Å². The minimum atomic E-state index is -0.175. The number of rotatable bonds is 6. The van der Waals surface area contributed by atoms with Crippen molar-refractivity contribution in [1.82, 2.24) is 5.32 Å². The molecule has 0 amide bonds. The lowest BCUT2D eigenvalue weighted by Gasteiger charge is -2.26. The van der Waals surface area contributed by atoms with Crippen LogP contribution >= 0.6 is 11.6 Å². The minimum Gasteiger partial charge on any atom is -0.310 e. The fraction of sp³-hybridized carbons (Fsp3) is 0.647. The van der Waals surface area contributed by atoms with Gasteiger partial charge < -0.3 is 5.32 Å². The van der Waals surface area contributed by atoms with Gasteiger partial charge >= 0.3 is 0 Å². The molecule has 1 aromatic rings. The van der Waals surface area contributed by atoms with E-state index in [-0.39, 0.29) is 11.9 Å². The van der Waals surface area contributed by atoms with E-state index in [9.17, 15) is 4.39 Å². The molecule has 1 aromatic carbocycles. The molecule has 0 bridgehead atoms. The van der Waals surface area contributed by atoms with Crippen LogP contribution in [-0.4, -0.2) is 6.54 Å². The molecule has 1 nitrogen and oxygen atoms in total. The van der Waals surface area contributed by atoms with Crippen molar-refractivity contribution in [1.29, 1.82) is 0 Å². The summed E-state index contributed by atoms with van der Waals surface area (Å²) in [5.74, 6) is 1.18. The second-order valence-electron chi connectivity index (χ2n) is 5.95. The highest BCUT2D eigenvalue weighted by Crippen LogP contribution is 2.41. The third kappa shape index (κ3) is 3.73. The molecular formula is C17H25ClFN. The van der Waals surface area contributed by atoms with Gasteiger partial charge in [0.2, 0.25) is 0 Å². The van der Waals surface area contributed by atoms with Crippen LogP contribution in [0.1, 0.15) is 57.6 Å². The molecule has 112 valence electrons. The monoisotopic (exact) mass is 297 g/mol. The molecule has 2 rings (SSSR count). The zero-order chi connectivity index (χ0) is 14.5. The van der Waals surface area contributed by atoms with Crippen molar-refractivity contribution in [2.75, 3.05) is 6.54 Å². The molecule has 0 spiro atoms. The summed E-state index contributed by atoms with van der Waals surface area (Å²) in [6, 6.07) is 5.21. The maximum absolute atomic E-state index is 14.2. The summed E-state index contributed by atoms with van der Waals surface area (Å²) >= 11 is 5.87. The van der Waals surface area contributed by atoms with E-state index in [0.29, 0.717) is 10.9 Å². The van der Waals surface area contributed by atoms with Crippen molar-refractivity contribution in [3.63, 3.8) is 0 Å². The van der Waals surface area contributed by atoms with Crippen molar-refractivity contribution in [2.24, 2.45) is 11.8 Å². The highest BCUT2D eigenvalue weighted by atomic mass is 35.5. The molecule has 3 heteroatoms. The molecule has 1 aliphatic rings. The Morgan fingerprint density at radius 3 is 2.75 bits per heavy atom. The SMILES string of the molecule is CCCNC(c1ccc(Cl)cc1F)C1CCC(CC)C1. The van der Waals surface area contributed by atoms with Crippen LogP contribution in [0, 0.1) is 17.7 Å². The zero-order valence-electron chi connectivity index (χ0n) is 12.5. The molecule has 0 saturated heterocycles. The molecule has 1 fully saturated rings. The molecule has 0 aliphatic heterocycles. The Balaban J connectivity index is 2.18. The fourth-order valence-electron chi connectivity index (χ4n) is 3.37. The van der Waals surface area contributed by atoms with Gasteiger partial charge in [-0.15, -0.1) is 0 Å². The average molecular weight is 298 g/mol. The van der Waals surface area contributed by atoms with E-state index in [1.807, 2.05) is 6.07 Å². The van der Waals surface area contributed by atoms with Crippen LogP contribution in [0.5, 0.6) is 0 Å². The standard InChI is InChI=1S/C17H25ClFN/c1-3-9-20-17(13-6-5-12(4-2)10-13)15-8-7-14(18)11-16(15)19/h7-8,11-13,17,20H,3-6,9-10H2,1-2H3. The lowest BCUT2D eigenvalue weighted by atomic mass is 9.90. The Bertz CT molecular complexity index is 435. The molecule has 3 atom stereocenters. The highest BCUT2D eigenvalue weighted by molar-refractivity contribution is 6.30. The van der Waals surface area contributed by atoms with Gasteiger partial charge in [0, 0.05) is 16.6 Å². The Labute approximate surface area is 126 Å². The first-order valence-electron chi connectivity index (χ1n) is 7.84. The molecule has 1 N–H and O–H groups in total. The Kier molecular flexibility index (Phi) is 5.86. The largest absolute Gasteiger partial charge is 0.310 e. The van der Waals surface area contributed by atoms with Gasteiger partial charge in [0.05, 0.1) is 0 Å². The van der Waals surface area contributed by atoms with Gasteiger partial charge in [0.25, 0.3) is 0 Å². The van der Waals surface area contributed by atoms with Crippen molar-refractivity contribution in [3.8, 4) is 0 Å². The van der Waals surface area contributed by atoms with E-state index in [1.165, 1.54) is 31.7 Å². The van der Waals surface area contributed by atoms with Crippen molar-refractivity contribution in [2.45, 2.75) is 52.0 Å². The van der Waals surface area contributed by atoms with E-state index in [2.05, 4.69) is 19.2 Å². The second-order valence-corrected chi connectivity index (χ2v) is 6.38. The summed E-state index contributed by atoms with van der Waals surface area (Å²) in [5.41, 5.74) is 0.782. The van der Waals surface area contributed by atoms with Crippen LogP contribution in [0.3, 0.4) is 0 Å². The molecular weight excluding hydrogens is 273 g/mol. The number of benzene rings is 1. The van der Waals surface area contributed by atoms with Crippen LogP contribution in [0.15, 0.2) is 18.2 Å². The quantitative estimate of drug-likeness (QED) is 0.746. The first kappa shape index (κ1) is 15.8. The minimum absolute atomic E-state index is 0.128. The third-order valence-electron chi connectivity index (χ3n) is 4.54. The van der Waals surface area contributed by atoms with E-state index in [0.717, 1.165) is 24.4 Å². The van der Waals surface area contributed by atoms with Crippen LogP contribution in [-0.2, 0) is 0 Å². The van der Waals surface area contributed by atoms with E-state index in [4.69, 9.17) is 11.6 Å². The molecule has 0 heterocycles. The van der Waals surface area contributed by atoms with Crippen molar-refractivity contribution < 1.29 is 4.39 Å². The second kappa shape index (κ2) is 7.42. The van der Waals surface area contributed by atoms with Gasteiger partial charge in [-0.05, 0) is 49.8 Å². The summed E-state index contributed by atoms with van der Waals surface area (Å²) in [6.45, 7) is 5.33. The molecule has 1 aliphatic carbocycles. The molecule has 3 unspecified atom stereocenters. The topological polar surface area (TPSA) is 12.0 Å². The molecule has 0 radical (unpaired) electrons. The van der Waals surface area contributed by atoms with Gasteiger partial charge in [0.15, 0.2) is 0 Å². The maximum Gasteiger partial charge on any atom is 0.129 e. The maximum atomic E-state index is 14.2. The number of halogens is 2. The first-order valence-corrected chi connectivity index (χ1v) is 8.21. The smallest absolute Gasteiger partial charge is 0.129 e. The fourth-order valence-corrected chi connectivity index (χ4v) is 3.53.